The number of nitrogens with one attached hydrogen (secondary N) is 1. The summed E-state index contributed by atoms with van der Waals surface area (Å²) in [5.41, 5.74) is 3.72. The molecule has 0 saturated carbocycles. The molecule has 0 aliphatic carbocycles. The van der Waals surface area contributed by atoms with E-state index in [1.54, 1.807) is 43.5 Å². The van der Waals surface area contributed by atoms with E-state index in [0.29, 0.717) is 39.5 Å². The first kappa shape index (κ1) is 19.4. The molecule has 152 valence electrons. The van der Waals surface area contributed by atoms with E-state index in [2.05, 4.69) is 15.5 Å². The van der Waals surface area contributed by atoms with Crippen LogP contribution in [0, 0.1) is 12.7 Å². The summed E-state index contributed by atoms with van der Waals surface area (Å²) in [7, 11) is 3.04. The fourth-order valence-corrected chi connectivity index (χ4v) is 3.07. The lowest BCUT2D eigenvalue weighted by molar-refractivity contribution is 0.102. The lowest BCUT2D eigenvalue weighted by Crippen LogP contribution is -2.14. The first-order valence-corrected chi connectivity index (χ1v) is 9.15. The minimum atomic E-state index is -0.328. The Morgan fingerprint density at radius 1 is 0.967 bits per heavy atom. The molecule has 0 atom stereocenters. The van der Waals surface area contributed by atoms with Crippen LogP contribution in [0.25, 0.3) is 16.7 Å². The van der Waals surface area contributed by atoms with Crippen molar-refractivity contribution in [2.45, 2.75) is 6.92 Å². The SMILES string of the molecule is COc1ccc(C(=O)Nc2cc3nn(-c4ccc(F)cc4)nc3cc2C)c(OC)c1. The fraction of sp³-hybridized carbons (Fsp3) is 0.136. The average molecular weight is 406 g/mol. The van der Waals surface area contributed by atoms with E-state index >= 15 is 0 Å². The van der Waals surface area contributed by atoms with Crippen molar-refractivity contribution >= 4 is 22.6 Å². The largest absolute Gasteiger partial charge is 0.497 e. The lowest BCUT2D eigenvalue weighted by atomic mass is 10.1. The predicted octanol–water partition coefficient (Wildman–Crippen LogP) is 4.14. The van der Waals surface area contributed by atoms with Gasteiger partial charge in [-0.2, -0.15) is 4.80 Å². The number of rotatable bonds is 5. The average Bonchev–Trinajstić information content (AvgIpc) is 3.16. The molecule has 0 bridgehead atoms. The Balaban J connectivity index is 1.65. The number of hydrogen-bond donors (Lipinski definition) is 1. The molecule has 0 fully saturated rings. The summed E-state index contributed by atoms with van der Waals surface area (Å²) >= 11 is 0. The number of halogens is 1. The maximum Gasteiger partial charge on any atom is 0.259 e. The molecule has 4 rings (SSSR count). The summed E-state index contributed by atoms with van der Waals surface area (Å²) < 4.78 is 23.7. The number of ether oxygens (including phenoxy) is 2. The van der Waals surface area contributed by atoms with Gasteiger partial charge < -0.3 is 14.8 Å². The highest BCUT2D eigenvalue weighted by molar-refractivity contribution is 6.07. The van der Waals surface area contributed by atoms with Gasteiger partial charge in [0.15, 0.2) is 0 Å². The molecule has 8 heteroatoms. The van der Waals surface area contributed by atoms with Gasteiger partial charge in [0.25, 0.3) is 5.91 Å². The van der Waals surface area contributed by atoms with E-state index in [0.717, 1.165) is 5.56 Å². The quantitative estimate of drug-likeness (QED) is 0.539. The monoisotopic (exact) mass is 406 g/mol. The number of methoxy groups -OCH3 is 2. The fourth-order valence-electron chi connectivity index (χ4n) is 3.07. The summed E-state index contributed by atoms with van der Waals surface area (Å²) in [6, 6.07) is 14.5. The van der Waals surface area contributed by atoms with Crippen LogP contribution in [0.5, 0.6) is 11.5 Å². The third-order valence-corrected chi connectivity index (χ3v) is 4.69. The summed E-state index contributed by atoms with van der Waals surface area (Å²) in [5, 5.41) is 11.8. The zero-order valence-corrected chi connectivity index (χ0v) is 16.6. The maximum absolute atomic E-state index is 13.2. The number of aromatic nitrogens is 3. The Bertz CT molecular complexity index is 1240. The number of carbonyl (C=O) groups excluding carboxylic acids is 1. The second-order valence-corrected chi connectivity index (χ2v) is 6.64. The van der Waals surface area contributed by atoms with Gasteiger partial charge in [0, 0.05) is 11.8 Å². The van der Waals surface area contributed by atoms with Gasteiger partial charge in [-0.15, -0.1) is 10.2 Å². The third kappa shape index (κ3) is 3.67. The van der Waals surface area contributed by atoms with Crippen LogP contribution < -0.4 is 14.8 Å². The van der Waals surface area contributed by atoms with Gasteiger partial charge in [-0.3, -0.25) is 4.79 Å². The topological polar surface area (TPSA) is 78.3 Å². The normalized spacial score (nSPS) is 10.8. The van der Waals surface area contributed by atoms with Crippen molar-refractivity contribution in [3.05, 3.63) is 71.5 Å². The Morgan fingerprint density at radius 2 is 1.67 bits per heavy atom. The summed E-state index contributed by atoms with van der Waals surface area (Å²) in [4.78, 5) is 14.3. The number of hydrogen-bond acceptors (Lipinski definition) is 5. The van der Waals surface area contributed by atoms with E-state index in [4.69, 9.17) is 9.47 Å². The smallest absolute Gasteiger partial charge is 0.259 e. The van der Waals surface area contributed by atoms with Gasteiger partial charge in [0.2, 0.25) is 0 Å². The molecule has 1 heterocycles. The van der Waals surface area contributed by atoms with Crippen LogP contribution in [0.1, 0.15) is 15.9 Å². The molecular weight excluding hydrogens is 387 g/mol. The molecule has 7 nitrogen and oxygen atoms in total. The lowest BCUT2D eigenvalue weighted by Gasteiger charge is -2.12. The molecule has 0 aliphatic heterocycles. The van der Waals surface area contributed by atoms with Crippen LogP contribution in [0.3, 0.4) is 0 Å². The van der Waals surface area contributed by atoms with Crippen LogP contribution in [0.2, 0.25) is 0 Å². The van der Waals surface area contributed by atoms with Crippen molar-refractivity contribution in [3.8, 4) is 17.2 Å². The number of anilines is 1. The zero-order chi connectivity index (χ0) is 21.3. The van der Waals surface area contributed by atoms with Gasteiger partial charge in [0.05, 0.1) is 25.5 Å². The highest BCUT2D eigenvalue weighted by Crippen LogP contribution is 2.27. The van der Waals surface area contributed by atoms with Crippen molar-refractivity contribution in [1.29, 1.82) is 0 Å². The zero-order valence-electron chi connectivity index (χ0n) is 16.6. The van der Waals surface area contributed by atoms with Gasteiger partial charge >= 0.3 is 0 Å². The highest BCUT2D eigenvalue weighted by Gasteiger charge is 2.16. The van der Waals surface area contributed by atoms with Crippen molar-refractivity contribution in [2.24, 2.45) is 0 Å². The van der Waals surface area contributed by atoms with Crippen molar-refractivity contribution in [3.63, 3.8) is 0 Å². The number of carbonyl (C=O) groups is 1. The summed E-state index contributed by atoms with van der Waals surface area (Å²) in [5.74, 6) is 0.361. The van der Waals surface area contributed by atoms with Crippen LogP contribution in [-0.2, 0) is 0 Å². The first-order chi connectivity index (χ1) is 14.5. The Kier molecular flexibility index (Phi) is 5.05. The van der Waals surface area contributed by atoms with Crippen LogP contribution in [-0.4, -0.2) is 35.1 Å². The van der Waals surface area contributed by atoms with E-state index < -0.39 is 0 Å². The summed E-state index contributed by atoms with van der Waals surface area (Å²) in [6.07, 6.45) is 0. The molecule has 0 radical (unpaired) electrons. The molecule has 0 saturated heterocycles. The second-order valence-electron chi connectivity index (χ2n) is 6.64. The Labute approximate surface area is 172 Å². The molecule has 0 spiro atoms. The van der Waals surface area contributed by atoms with Gasteiger partial charge in [-0.25, -0.2) is 4.39 Å². The minimum absolute atomic E-state index is 0.317. The van der Waals surface area contributed by atoms with Crippen LogP contribution in [0.4, 0.5) is 10.1 Å². The van der Waals surface area contributed by atoms with Gasteiger partial charge in [-0.1, -0.05) is 0 Å². The summed E-state index contributed by atoms with van der Waals surface area (Å²) in [6.45, 7) is 1.87. The molecule has 0 aliphatic rings. The van der Waals surface area contributed by atoms with Gasteiger partial charge in [0.1, 0.15) is 28.3 Å². The van der Waals surface area contributed by atoms with Gasteiger partial charge in [-0.05, 0) is 61.0 Å². The molecule has 3 aromatic carbocycles. The molecule has 30 heavy (non-hydrogen) atoms. The number of nitrogens with zero attached hydrogens (tertiary/aromatic N) is 3. The van der Waals surface area contributed by atoms with E-state index in [9.17, 15) is 9.18 Å². The molecule has 1 N–H and O–H groups in total. The van der Waals surface area contributed by atoms with Crippen LogP contribution in [0.15, 0.2) is 54.6 Å². The maximum atomic E-state index is 13.2. The van der Waals surface area contributed by atoms with E-state index in [1.165, 1.54) is 24.0 Å². The predicted molar refractivity (Wildman–Crippen MR) is 111 cm³/mol. The molecule has 1 aromatic heterocycles. The molecule has 0 unspecified atom stereocenters. The Hall–Kier alpha value is -3.94. The standard InChI is InChI=1S/C22H19FN4O3/c1-13-10-19-20(26-27(25-19)15-6-4-14(23)5-7-15)12-18(13)24-22(28)17-9-8-16(29-2)11-21(17)30-3/h4-12H,1-3H3,(H,24,28). The minimum Gasteiger partial charge on any atom is -0.497 e. The number of aryl methyl sites for hydroxylation is 1. The third-order valence-electron chi connectivity index (χ3n) is 4.69. The van der Waals surface area contributed by atoms with Crippen molar-refractivity contribution in [2.75, 3.05) is 19.5 Å². The molecule has 1 amide bonds. The number of fused-ring (bicyclic) bond motifs is 1. The molecular formula is C22H19FN4O3. The first-order valence-electron chi connectivity index (χ1n) is 9.15. The van der Waals surface area contributed by atoms with Crippen molar-refractivity contribution < 1.29 is 18.7 Å². The Morgan fingerprint density at radius 3 is 2.33 bits per heavy atom. The van der Waals surface area contributed by atoms with Crippen LogP contribution >= 0.6 is 0 Å². The van der Waals surface area contributed by atoms with Crippen molar-refractivity contribution in [1.82, 2.24) is 15.0 Å². The highest BCUT2D eigenvalue weighted by atomic mass is 19.1. The second kappa shape index (κ2) is 7.82. The van der Waals surface area contributed by atoms with E-state index in [1.807, 2.05) is 13.0 Å². The number of amides is 1. The van der Waals surface area contributed by atoms with E-state index in [-0.39, 0.29) is 11.7 Å². The molecule has 4 aromatic rings. The number of benzene rings is 3.